The Morgan fingerprint density at radius 3 is 2.68 bits per heavy atom. The quantitative estimate of drug-likeness (QED) is 0.761. The van der Waals surface area contributed by atoms with Gasteiger partial charge in [-0.15, -0.1) is 0 Å². The summed E-state index contributed by atoms with van der Waals surface area (Å²) in [6.45, 7) is 6.72. The summed E-state index contributed by atoms with van der Waals surface area (Å²) in [5, 5.41) is 0. The minimum absolute atomic E-state index is 0.145. The molecule has 4 heterocycles. The molecule has 28 heavy (non-hydrogen) atoms. The molecule has 0 N–H and O–H groups in total. The van der Waals surface area contributed by atoms with Gasteiger partial charge in [-0.25, -0.2) is 4.98 Å². The molecule has 0 radical (unpaired) electrons. The highest BCUT2D eigenvalue weighted by molar-refractivity contribution is 5.79. The summed E-state index contributed by atoms with van der Waals surface area (Å²) >= 11 is 0. The molecule has 0 aliphatic carbocycles. The molecule has 8 nitrogen and oxygen atoms in total. The molecule has 1 amide bonds. The first-order chi connectivity index (χ1) is 13.7. The van der Waals surface area contributed by atoms with Crippen molar-refractivity contribution in [2.24, 2.45) is 5.92 Å². The van der Waals surface area contributed by atoms with Gasteiger partial charge in [0, 0.05) is 51.0 Å². The minimum Gasteiger partial charge on any atom is -0.481 e. The number of amides is 1. The van der Waals surface area contributed by atoms with Gasteiger partial charge in [-0.3, -0.25) is 9.69 Å². The Kier molecular flexibility index (Phi) is 6.26. The molecule has 8 heteroatoms. The molecule has 1 aromatic rings. The number of aromatic nitrogens is 2. The lowest BCUT2D eigenvalue weighted by atomic mass is 9.92. The highest BCUT2D eigenvalue weighted by atomic mass is 16.5. The summed E-state index contributed by atoms with van der Waals surface area (Å²) < 4.78 is 10.6. The largest absolute Gasteiger partial charge is 0.481 e. The van der Waals surface area contributed by atoms with Gasteiger partial charge in [0.1, 0.15) is 0 Å². The smallest absolute Gasteiger partial charge is 0.228 e. The number of likely N-dealkylation sites (tertiary alicyclic amines) is 1. The van der Waals surface area contributed by atoms with Gasteiger partial charge in [-0.05, 0) is 32.2 Å². The van der Waals surface area contributed by atoms with Gasteiger partial charge in [-0.1, -0.05) is 0 Å². The van der Waals surface area contributed by atoms with Crippen LogP contribution in [0.3, 0.4) is 0 Å². The van der Waals surface area contributed by atoms with Crippen LogP contribution in [0.1, 0.15) is 25.7 Å². The number of piperidine rings is 2. The molecule has 154 valence electrons. The predicted octanol–water partition coefficient (Wildman–Crippen LogP) is 1.02. The summed E-state index contributed by atoms with van der Waals surface area (Å²) in [5.41, 5.74) is 0. The lowest BCUT2D eigenvalue weighted by Gasteiger charge is -2.43. The first-order valence-electron chi connectivity index (χ1n) is 10.5. The third kappa shape index (κ3) is 4.38. The second-order valence-corrected chi connectivity index (χ2v) is 7.89. The zero-order valence-corrected chi connectivity index (χ0v) is 16.8. The van der Waals surface area contributed by atoms with E-state index in [1.54, 1.807) is 19.4 Å². The third-order valence-corrected chi connectivity index (χ3v) is 6.21. The summed E-state index contributed by atoms with van der Waals surface area (Å²) in [7, 11) is 1.63. The molecule has 3 saturated heterocycles. The van der Waals surface area contributed by atoms with Crippen molar-refractivity contribution in [2.75, 3.05) is 64.5 Å². The average Bonchev–Trinajstić information content (AvgIpc) is 2.79. The summed E-state index contributed by atoms with van der Waals surface area (Å²) in [4.78, 5) is 28.5. The standard InChI is InChI=1S/C20H31N5O3/c1-27-18-4-7-21-20(22-18)24-9-5-17(6-10-24)25-8-2-3-16(15-25)19(26)23-11-13-28-14-12-23/h4,7,16-17H,2-3,5-6,8-15H2,1H3/t16-/m1/s1. The SMILES string of the molecule is COc1ccnc(N2CCC(N3CCC[C@@H](C(=O)N4CCOCC4)C3)CC2)n1. The van der Waals surface area contributed by atoms with Gasteiger partial charge < -0.3 is 19.3 Å². The number of hydrogen-bond acceptors (Lipinski definition) is 7. The Balaban J connectivity index is 1.30. The van der Waals surface area contributed by atoms with Crippen molar-refractivity contribution in [1.82, 2.24) is 19.8 Å². The van der Waals surface area contributed by atoms with E-state index in [9.17, 15) is 4.79 Å². The van der Waals surface area contributed by atoms with Crippen LogP contribution in [0.25, 0.3) is 0 Å². The Labute approximate surface area is 166 Å². The fourth-order valence-corrected chi connectivity index (χ4v) is 4.61. The molecular weight excluding hydrogens is 358 g/mol. The maximum Gasteiger partial charge on any atom is 0.228 e. The van der Waals surface area contributed by atoms with E-state index in [1.165, 1.54) is 0 Å². The number of morpholine rings is 1. The van der Waals surface area contributed by atoms with E-state index < -0.39 is 0 Å². The molecule has 3 aliphatic heterocycles. The van der Waals surface area contributed by atoms with Gasteiger partial charge in [-0.2, -0.15) is 4.98 Å². The molecule has 0 aromatic carbocycles. The lowest BCUT2D eigenvalue weighted by molar-refractivity contribution is -0.141. The van der Waals surface area contributed by atoms with Crippen LogP contribution in [0.2, 0.25) is 0 Å². The highest BCUT2D eigenvalue weighted by Crippen LogP contribution is 2.26. The van der Waals surface area contributed by atoms with E-state index in [0.717, 1.165) is 70.9 Å². The number of rotatable bonds is 4. The first kappa shape index (κ1) is 19.4. The van der Waals surface area contributed by atoms with E-state index in [4.69, 9.17) is 9.47 Å². The number of carbonyl (C=O) groups is 1. The Hall–Kier alpha value is -1.93. The van der Waals surface area contributed by atoms with Crippen molar-refractivity contribution in [3.8, 4) is 5.88 Å². The van der Waals surface area contributed by atoms with Crippen LogP contribution in [0.5, 0.6) is 5.88 Å². The van der Waals surface area contributed by atoms with Crippen LogP contribution in [0.15, 0.2) is 12.3 Å². The Morgan fingerprint density at radius 2 is 1.93 bits per heavy atom. The third-order valence-electron chi connectivity index (χ3n) is 6.21. The molecule has 4 rings (SSSR count). The number of methoxy groups -OCH3 is 1. The summed E-state index contributed by atoms with van der Waals surface area (Å²) in [6.07, 6.45) is 6.04. The molecule has 0 unspecified atom stereocenters. The predicted molar refractivity (Wildman–Crippen MR) is 106 cm³/mol. The molecule has 3 fully saturated rings. The van der Waals surface area contributed by atoms with Gasteiger partial charge in [0.05, 0.1) is 26.2 Å². The van der Waals surface area contributed by atoms with E-state index in [2.05, 4.69) is 19.8 Å². The number of nitrogens with zero attached hydrogens (tertiary/aromatic N) is 5. The van der Waals surface area contributed by atoms with Crippen LogP contribution in [-0.4, -0.2) is 91.3 Å². The number of carbonyl (C=O) groups excluding carboxylic acids is 1. The summed E-state index contributed by atoms with van der Waals surface area (Å²) in [6, 6.07) is 2.32. The zero-order chi connectivity index (χ0) is 19.3. The van der Waals surface area contributed by atoms with Crippen molar-refractivity contribution in [2.45, 2.75) is 31.7 Å². The second kappa shape index (κ2) is 9.05. The maximum atomic E-state index is 12.9. The van der Waals surface area contributed by atoms with Crippen molar-refractivity contribution in [1.29, 1.82) is 0 Å². The molecule has 0 saturated carbocycles. The monoisotopic (exact) mass is 389 g/mol. The van der Waals surface area contributed by atoms with Crippen LogP contribution in [0.4, 0.5) is 5.95 Å². The highest BCUT2D eigenvalue weighted by Gasteiger charge is 2.34. The van der Waals surface area contributed by atoms with Crippen molar-refractivity contribution < 1.29 is 14.3 Å². The number of anilines is 1. The number of ether oxygens (including phenoxy) is 2. The molecule has 3 aliphatic rings. The van der Waals surface area contributed by atoms with Crippen LogP contribution in [0, 0.1) is 5.92 Å². The zero-order valence-electron chi connectivity index (χ0n) is 16.8. The molecule has 0 bridgehead atoms. The fraction of sp³-hybridized carbons (Fsp3) is 0.750. The average molecular weight is 390 g/mol. The van der Waals surface area contributed by atoms with Crippen LogP contribution in [-0.2, 0) is 9.53 Å². The van der Waals surface area contributed by atoms with Crippen molar-refractivity contribution in [3.63, 3.8) is 0 Å². The minimum atomic E-state index is 0.145. The van der Waals surface area contributed by atoms with Gasteiger partial charge >= 0.3 is 0 Å². The maximum absolute atomic E-state index is 12.9. The Bertz CT molecular complexity index is 659. The van der Waals surface area contributed by atoms with E-state index in [1.807, 2.05) is 4.90 Å². The molecule has 0 spiro atoms. The Morgan fingerprint density at radius 1 is 1.14 bits per heavy atom. The number of hydrogen-bond donors (Lipinski definition) is 0. The van der Waals surface area contributed by atoms with Crippen molar-refractivity contribution in [3.05, 3.63) is 12.3 Å². The normalized spacial score (nSPS) is 25.0. The van der Waals surface area contributed by atoms with Gasteiger partial charge in [0.15, 0.2) is 0 Å². The van der Waals surface area contributed by atoms with Crippen LogP contribution >= 0.6 is 0 Å². The summed E-state index contributed by atoms with van der Waals surface area (Å²) in [5.74, 6) is 1.83. The van der Waals surface area contributed by atoms with E-state index >= 15 is 0 Å². The van der Waals surface area contributed by atoms with Crippen molar-refractivity contribution >= 4 is 11.9 Å². The topological polar surface area (TPSA) is 71.0 Å². The fourth-order valence-electron chi connectivity index (χ4n) is 4.61. The van der Waals surface area contributed by atoms with E-state index in [-0.39, 0.29) is 5.92 Å². The molecule has 1 atom stereocenters. The molecular formula is C20H31N5O3. The molecule has 1 aromatic heterocycles. The first-order valence-corrected chi connectivity index (χ1v) is 10.5. The van der Waals surface area contributed by atoms with Gasteiger partial charge in [0.2, 0.25) is 17.7 Å². The van der Waals surface area contributed by atoms with Gasteiger partial charge in [0.25, 0.3) is 0 Å². The van der Waals surface area contributed by atoms with E-state index in [0.29, 0.717) is 31.0 Å². The van der Waals surface area contributed by atoms with Crippen LogP contribution < -0.4 is 9.64 Å². The lowest BCUT2D eigenvalue weighted by Crippen LogP contribution is -2.52. The second-order valence-electron chi connectivity index (χ2n) is 7.89.